The van der Waals surface area contributed by atoms with Gasteiger partial charge in [-0.2, -0.15) is 0 Å². The highest BCUT2D eigenvalue weighted by Gasteiger charge is 2.41. The van der Waals surface area contributed by atoms with Crippen LogP contribution in [0.3, 0.4) is 0 Å². The van der Waals surface area contributed by atoms with Crippen LogP contribution >= 0.6 is 12.2 Å². The Balaban J connectivity index is 1.42. The van der Waals surface area contributed by atoms with E-state index >= 15 is 0 Å². The summed E-state index contributed by atoms with van der Waals surface area (Å²) in [6, 6.07) is 14.8. The molecule has 3 aromatic rings. The van der Waals surface area contributed by atoms with Crippen molar-refractivity contribution in [1.29, 1.82) is 0 Å². The number of thiocarbonyl (C=S) groups is 1. The fourth-order valence-corrected chi connectivity index (χ4v) is 5.39. The molecule has 1 saturated heterocycles. The summed E-state index contributed by atoms with van der Waals surface area (Å²) in [6.45, 7) is 0.256. The van der Waals surface area contributed by atoms with E-state index in [4.69, 9.17) is 21.7 Å². The smallest absolute Gasteiger partial charge is 0.231 e. The number of anilines is 1. The maximum atomic E-state index is 5.83. The average Bonchev–Trinajstić information content (AvgIpc) is 3.59. The molecule has 158 valence electrons. The van der Waals surface area contributed by atoms with Crippen molar-refractivity contribution in [2.75, 3.05) is 11.7 Å². The quantitative estimate of drug-likeness (QED) is 0.592. The lowest BCUT2D eigenvalue weighted by Crippen LogP contribution is -2.29. The van der Waals surface area contributed by atoms with Gasteiger partial charge in [0, 0.05) is 36.4 Å². The molecule has 3 aliphatic rings. The van der Waals surface area contributed by atoms with E-state index in [0.717, 1.165) is 22.9 Å². The molecule has 4 heterocycles. The molecule has 0 spiro atoms. The Morgan fingerprint density at radius 1 is 1.03 bits per heavy atom. The number of pyridine rings is 1. The molecule has 7 heteroatoms. The van der Waals surface area contributed by atoms with Crippen molar-refractivity contribution in [1.82, 2.24) is 14.9 Å². The maximum Gasteiger partial charge on any atom is 0.231 e. The van der Waals surface area contributed by atoms with Crippen LogP contribution in [0, 0.1) is 0 Å². The van der Waals surface area contributed by atoms with Crippen LogP contribution in [0.5, 0.6) is 11.5 Å². The van der Waals surface area contributed by atoms with Gasteiger partial charge in [0.2, 0.25) is 6.79 Å². The second kappa shape index (κ2) is 7.57. The molecule has 1 aliphatic carbocycles. The average molecular weight is 433 g/mol. The monoisotopic (exact) mass is 432 g/mol. The number of nitrogens with zero attached hydrogens (tertiary/aromatic N) is 3. The Labute approximate surface area is 186 Å². The van der Waals surface area contributed by atoms with Crippen LogP contribution in [0.15, 0.2) is 61.1 Å². The summed E-state index contributed by atoms with van der Waals surface area (Å²) >= 11 is 5.83. The summed E-state index contributed by atoms with van der Waals surface area (Å²) in [6.07, 6.45) is 11.5. The lowest BCUT2D eigenvalue weighted by atomic mass is 9.98. The fourth-order valence-electron chi connectivity index (χ4n) is 5.04. The first-order chi connectivity index (χ1) is 15.3. The molecule has 6 rings (SSSR count). The minimum atomic E-state index is -0.0430. The van der Waals surface area contributed by atoms with Gasteiger partial charge < -0.3 is 24.3 Å². The highest BCUT2D eigenvalue weighted by molar-refractivity contribution is 7.80. The van der Waals surface area contributed by atoms with Gasteiger partial charge in [-0.3, -0.25) is 4.98 Å². The Morgan fingerprint density at radius 3 is 2.74 bits per heavy atom. The number of ether oxygens (including phenoxy) is 2. The lowest BCUT2D eigenvalue weighted by Gasteiger charge is -2.27. The minimum absolute atomic E-state index is 0.00887. The normalized spacial score (nSPS) is 22.8. The van der Waals surface area contributed by atoms with Gasteiger partial charge in [0.05, 0.1) is 17.8 Å². The van der Waals surface area contributed by atoms with Crippen molar-refractivity contribution in [3.8, 4) is 11.5 Å². The van der Waals surface area contributed by atoms with Crippen molar-refractivity contribution in [3.05, 3.63) is 72.3 Å². The van der Waals surface area contributed by atoms with Crippen LogP contribution in [-0.2, 0) is 0 Å². The molecule has 2 atom stereocenters. The largest absolute Gasteiger partial charge is 0.454 e. The first-order valence-corrected chi connectivity index (χ1v) is 11.3. The summed E-state index contributed by atoms with van der Waals surface area (Å²) in [5.74, 6) is 1.52. The molecule has 2 fully saturated rings. The molecule has 0 unspecified atom stereocenters. The van der Waals surface area contributed by atoms with Gasteiger partial charge in [0.1, 0.15) is 0 Å². The standard InChI is InChI=1S/C24H24N4O2S/c31-24-26-22(19-7-3-4-11-25-19)23(16-10-12-27(14-16)17-5-1-2-6-17)28(24)18-8-9-20-21(13-18)30-15-29-20/h3-4,7-14,17,22-23H,1-2,5-6,15H2,(H,26,31)/t22-,23+/m1/s1. The van der Waals surface area contributed by atoms with E-state index in [1.54, 1.807) is 0 Å². The van der Waals surface area contributed by atoms with Crippen LogP contribution in [0.2, 0.25) is 0 Å². The predicted octanol–water partition coefficient (Wildman–Crippen LogP) is 4.90. The minimum Gasteiger partial charge on any atom is -0.454 e. The molecule has 2 aromatic heterocycles. The third-order valence-corrected chi connectivity index (χ3v) is 6.87. The number of benzene rings is 1. The molecule has 0 bridgehead atoms. The topological polar surface area (TPSA) is 51.6 Å². The third kappa shape index (κ3) is 3.24. The Morgan fingerprint density at radius 2 is 1.90 bits per heavy atom. The molecule has 2 aliphatic heterocycles. The van der Waals surface area contributed by atoms with Gasteiger partial charge in [0.15, 0.2) is 16.6 Å². The number of hydrogen-bond donors (Lipinski definition) is 1. The number of hydrogen-bond acceptors (Lipinski definition) is 4. The molecule has 1 N–H and O–H groups in total. The first-order valence-electron chi connectivity index (χ1n) is 10.9. The number of aromatic nitrogens is 2. The molecular formula is C24H24N4O2S. The van der Waals surface area contributed by atoms with E-state index in [1.165, 1.54) is 31.2 Å². The molecule has 0 amide bonds. The Kier molecular flexibility index (Phi) is 4.56. The van der Waals surface area contributed by atoms with Crippen LogP contribution in [0.25, 0.3) is 0 Å². The van der Waals surface area contributed by atoms with E-state index in [-0.39, 0.29) is 18.9 Å². The van der Waals surface area contributed by atoms with Crippen LogP contribution in [-0.4, -0.2) is 21.5 Å². The van der Waals surface area contributed by atoms with Gasteiger partial charge in [-0.25, -0.2) is 0 Å². The van der Waals surface area contributed by atoms with E-state index in [9.17, 15) is 0 Å². The zero-order valence-electron chi connectivity index (χ0n) is 17.1. The highest BCUT2D eigenvalue weighted by Crippen LogP contribution is 2.45. The van der Waals surface area contributed by atoms with Gasteiger partial charge in [-0.05, 0) is 61.0 Å². The molecule has 6 nitrogen and oxygen atoms in total. The van der Waals surface area contributed by atoms with Crippen molar-refractivity contribution >= 4 is 23.0 Å². The SMILES string of the molecule is S=C1N[C@H](c2ccccn2)[C@H](c2ccn(C3CCCC3)c2)N1c1ccc2c(c1)OCO2. The predicted molar refractivity (Wildman–Crippen MR) is 122 cm³/mol. The first kappa shape index (κ1) is 18.7. The number of rotatable bonds is 4. The van der Waals surface area contributed by atoms with Crippen molar-refractivity contribution < 1.29 is 9.47 Å². The fraction of sp³-hybridized carbons (Fsp3) is 0.333. The third-order valence-electron chi connectivity index (χ3n) is 6.56. The van der Waals surface area contributed by atoms with E-state index in [1.807, 2.05) is 36.5 Å². The molecule has 1 aromatic carbocycles. The van der Waals surface area contributed by atoms with Crippen molar-refractivity contribution in [2.24, 2.45) is 0 Å². The molecule has 1 saturated carbocycles. The summed E-state index contributed by atoms with van der Waals surface area (Å²) < 4.78 is 13.5. The van der Waals surface area contributed by atoms with Gasteiger partial charge in [-0.15, -0.1) is 0 Å². The van der Waals surface area contributed by atoms with E-state index < -0.39 is 0 Å². The summed E-state index contributed by atoms with van der Waals surface area (Å²) in [5, 5.41) is 4.22. The van der Waals surface area contributed by atoms with Crippen molar-refractivity contribution in [2.45, 2.75) is 43.8 Å². The van der Waals surface area contributed by atoms with Crippen molar-refractivity contribution in [3.63, 3.8) is 0 Å². The van der Waals surface area contributed by atoms with Gasteiger partial charge in [0.25, 0.3) is 0 Å². The van der Waals surface area contributed by atoms with E-state index in [0.29, 0.717) is 11.2 Å². The number of nitrogens with one attached hydrogen (secondary N) is 1. The van der Waals surface area contributed by atoms with E-state index in [2.05, 4.69) is 44.3 Å². The molecule has 31 heavy (non-hydrogen) atoms. The highest BCUT2D eigenvalue weighted by atomic mass is 32.1. The Hall–Kier alpha value is -3.06. The van der Waals surface area contributed by atoms with Crippen LogP contribution in [0.4, 0.5) is 5.69 Å². The maximum absolute atomic E-state index is 5.83. The molecule has 0 radical (unpaired) electrons. The number of fused-ring (bicyclic) bond motifs is 1. The van der Waals surface area contributed by atoms with Crippen LogP contribution in [0.1, 0.15) is 55.1 Å². The summed E-state index contributed by atoms with van der Waals surface area (Å²) in [7, 11) is 0. The second-order valence-electron chi connectivity index (χ2n) is 8.36. The summed E-state index contributed by atoms with van der Waals surface area (Å²) in [5.41, 5.74) is 3.19. The zero-order chi connectivity index (χ0) is 20.8. The lowest BCUT2D eigenvalue weighted by molar-refractivity contribution is 0.174. The van der Waals surface area contributed by atoms with Gasteiger partial charge >= 0.3 is 0 Å². The van der Waals surface area contributed by atoms with Gasteiger partial charge in [-0.1, -0.05) is 18.9 Å². The second-order valence-corrected chi connectivity index (χ2v) is 8.75. The zero-order valence-corrected chi connectivity index (χ0v) is 17.9. The van der Waals surface area contributed by atoms with Crippen LogP contribution < -0.4 is 19.7 Å². The molecular weight excluding hydrogens is 408 g/mol. The Bertz CT molecular complexity index is 1110. The summed E-state index contributed by atoms with van der Waals surface area (Å²) in [4.78, 5) is 6.83.